The standard InChI is InChI=1S/C16H20FNO4/c1-11(2)22-14(19)16(8-13(17)9-16)18-15(20)21-10-12-6-4-3-5-7-12/h3-7,11,13H,8-10H2,1-2H3,(H,18,20). The van der Waals surface area contributed by atoms with Crippen LogP contribution in [0.15, 0.2) is 30.3 Å². The molecule has 0 heterocycles. The maximum absolute atomic E-state index is 13.2. The van der Waals surface area contributed by atoms with E-state index in [1.54, 1.807) is 13.8 Å². The Morgan fingerprint density at radius 2 is 1.95 bits per heavy atom. The van der Waals surface area contributed by atoms with Gasteiger partial charge in [-0.1, -0.05) is 30.3 Å². The first-order valence-electron chi connectivity index (χ1n) is 7.25. The summed E-state index contributed by atoms with van der Waals surface area (Å²) >= 11 is 0. The summed E-state index contributed by atoms with van der Waals surface area (Å²) in [6, 6.07) is 9.15. The van der Waals surface area contributed by atoms with Crippen molar-refractivity contribution in [1.82, 2.24) is 5.32 Å². The first-order valence-corrected chi connectivity index (χ1v) is 7.25. The van der Waals surface area contributed by atoms with E-state index in [0.717, 1.165) is 5.56 Å². The number of alkyl halides is 1. The van der Waals surface area contributed by atoms with Gasteiger partial charge in [-0.3, -0.25) is 0 Å². The molecule has 1 N–H and O–H groups in total. The van der Waals surface area contributed by atoms with E-state index in [-0.39, 0.29) is 25.6 Å². The zero-order valence-corrected chi connectivity index (χ0v) is 12.7. The van der Waals surface area contributed by atoms with Crippen molar-refractivity contribution in [2.75, 3.05) is 0 Å². The SMILES string of the molecule is CC(C)OC(=O)C1(NC(=O)OCc2ccccc2)CC(F)C1. The Balaban J connectivity index is 1.90. The molecule has 0 saturated heterocycles. The number of alkyl carbamates (subject to hydrolysis) is 1. The number of ether oxygens (including phenoxy) is 2. The van der Waals surface area contributed by atoms with E-state index in [1.165, 1.54) is 0 Å². The third-order valence-electron chi connectivity index (χ3n) is 3.43. The molecular formula is C16H20FNO4. The number of nitrogens with one attached hydrogen (secondary N) is 1. The van der Waals surface area contributed by atoms with Gasteiger partial charge in [0.15, 0.2) is 0 Å². The number of esters is 1. The smallest absolute Gasteiger partial charge is 0.408 e. The predicted molar refractivity (Wildman–Crippen MR) is 77.9 cm³/mol. The van der Waals surface area contributed by atoms with Crippen molar-refractivity contribution < 1.29 is 23.5 Å². The maximum Gasteiger partial charge on any atom is 0.408 e. The number of hydrogen-bond donors (Lipinski definition) is 1. The molecule has 22 heavy (non-hydrogen) atoms. The molecule has 0 unspecified atom stereocenters. The topological polar surface area (TPSA) is 64.6 Å². The van der Waals surface area contributed by atoms with Crippen LogP contribution in [0, 0.1) is 0 Å². The summed E-state index contributed by atoms with van der Waals surface area (Å²) in [6.45, 7) is 3.48. The van der Waals surface area contributed by atoms with Crippen molar-refractivity contribution in [1.29, 1.82) is 0 Å². The van der Waals surface area contributed by atoms with Crippen LogP contribution >= 0.6 is 0 Å². The number of halogens is 1. The van der Waals surface area contributed by atoms with Gasteiger partial charge >= 0.3 is 12.1 Å². The summed E-state index contributed by atoms with van der Waals surface area (Å²) in [4.78, 5) is 23.9. The van der Waals surface area contributed by atoms with Crippen LogP contribution in [0.25, 0.3) is 0 Å². The van der Waals surface area contributed by atoms with E-state index in [4.69, 9.17) is 9.47 Å². The number of carbonyl (C=O) groups is 2. The Kier molecular flexibility index (Phi) is 5.00. The Morgan fingerprint density at radius 3 is 2.50 bits per heavy atom. The van der Waals surface area contributed by atoms with Crippen molar-refractivity contribution in [3.05, 3.63) is 35.9 Å². The van der Waals surface area contributed by atoms with Crippen LogP contribution in [0.2, 0.25) is 0 Å². The highest BCUT2D eigenvalue weighted by atomic mass is 19.1. The molecule has 1 aliphatic rings. The summed E-state index contributed by atoms with van der Waals surface area (Å²) < 4.78 is 23.4. The number of amides is 1. The second-order valence-electron chi connectivity index (χ2n) is 5.73. The molecule has 0 bridgehead atoms. The van der Waals surface area contributed by atoms with Gasteiger partial charge in [-0.05, 0) is 19.4 Å². The Labute approximate surface area is 128 Å². The van der Waals surface area contributed by atoms with Gasteiger partial charge in [-0.15, -0.1) is 0 Å². The number of benzene rings is 1. The molecule has 1 aromatic carbocycles. The van der Waals surface area contributed by atoms with Crippen molar-refractivity contribution >= 4 is 12.1 Å². The lowest BCUT2D eigenvalue weighted by Crippen LogP contribution is -2.64. The van der Waals surface area contributed by atoms with Gasteiger partial charge in [0.2, 0.25) is 0 Å². The van der Waals surface area contributed by atoms with Crippen molar-refractivity contribution in [3.8, 4) is 0 Å². The molecule has 0 radical (unpaired) electrons. The van der Waals surface area contributed by atoms with Gasteiger partial charge < -0.3 is 14.8 Å². The molecule has 0 spiro atoms. The van der Waals surface area contributed by atoms with Crippen LogP contribution in [0.5, 0.6) is 0 Å². The average molecular weight is 309 g/mol. The highest BCUT2D eigenvalue weighted by molar-refractivity contribution is 5.87. The van der Waals surface area contributed by atoms with Gasteiger partial charge in [-0.2, -0.15) is 0 Å². The molecule has 1 aliphatic carbocycles. The highest BCUT2D eigenvalue weighted by Gasteiger charge is 2.53. The summed E-state index contributed by atoms with van der Waals surface area (Å²) in [5.41, 5.74) is -0.481. The molecule has 0 atom stereocenters. The fourth-order valence-electron chi connectivity index (χ4n) is 2.30. The van der Waals surface area contributed by atoms with E-state index in [1.807, 2.05) is 30.3 Å². The maximum atomic E-state index is 13.2. The number of carbonyl (C=O) groups excluding carboxylic acids is 2. The largest absolute Gasteiger partial charge is 0.461 e. The van der Waals surface area contributed by atoms with Gasteiger partial charge in [0, 0.05) is 12.8 Å². The van der Waals surface area contributed by atoms with Gasteiger partial charge in [-0.25, -0.2) is 14.0 Å². The molecule has 2 rings (SSSR count). The molecule has 1 saturated carbocycles. The van der Waals surface area contributed by atoms with Crippen LogP contribution in [0.1, 0.15) is 32.3 Å². The highest BCUT2D eigenvalue weighted by Crippen LogP contribution is 2.36. The van der Waals surface area contributed by atoms with Crippen LogP contribution in [-0.2, 0) is 20.9 Å². The third-order valence-corrected chi connectivity index (χ3v) is 3.43. The lowest BCUT2D eigenvalue weighted by atomic mass is 9.75. The number of rotatable bonds is 5. The molecule has 120 valence electrons. The molecular weight excluding hydrogens is 289 g/mol. The lowest BCUT2D eigenvalue weighted by Gasteiger charge is -2.41. The minimum atomic E-state index is -1.31. The van der Waals surface area contributed by atoms with Crippen LogP contribution in [-0.4, -0.2) is 29.9 Å². The number of hydrogen-bond acceptors (Lipinski definition) is 4. The normalized spacial score (nSPS) is 23.5. The van der Waals surface area contributed by atoms with Crippen molar-refractivity contribution in [3.63, 3.8) is 0 Å². The predicted octanol–water partition coefficient (Wildman–Crippen LogP) is 2.74. The summed E-state index contributed by atoms with van der Waals surface area (Å²) in [5.74, 6) is -0.618. The Bertz CT molecular complexity index is 526. The fourth-order valence-corrected chi connectivity index (χ4v) is 2.30. The zero-order valence-electron chi connectivity index (χ0n) is 12.7. The fraction of sp³-hybridized carbons (Fsp3) is 0.500. The van der Waals surface area contributed by atoms with Gasteiger partial charge in [0.05, 0.1) is 6.10 Å². The second-order valence-corrected chi connectivity index (χ2v) is 5.73. The first kappa shape index (κ1) is 16.3. The van der Waals surface area contributed by atoms with E-state index < -0.39 is 23.8 Å². The molecule has 1 aromatic rings. The third kappa shape index (κ3) is 3.96. The first-order chi connectivity index (χ1) is 10.4. The Morgan fingerprint density at radius 1 is 1.32 bits per heavy atom. The van der Waals surface area contributed by atoms with Gasteiger partial charge in [0.1, 0.15) is 18.3 Å². The second kappa shape index (κ2) is 6.77. The minimum Gasteiger partial charge on any atom is -0.461 e. The van der Waals surface area contributed by atoms with E-state index in [9.17, 15) is 14.0 Å². The molecule has 5 nitrogen and oxygen atoms in total. The Hall–Kier alpha value is -2.11. The van der Waals surface area contributed by atoms with Crippen LogP contribution in [0.3, 0.4) is 0 Å². The minimum absolute atomic E-state index is 0.0843. The van der Waals surface area contributed by atoms with Crippen LogP contribution in [0.4, 0.5) is 9.18 Å². The van der Waals surface area contributed by atoms with Gasteiger partial charge in [0.25, 0.3) is 0 Å². The van der Waals surface area contributed by atoms with Crippen molar-refractivity contribution in [2.45, 2.75) is 51.1 Å². The van der Waals surface area contributed by atoms with Crippen molar-refractivity contribution in [2.24, 2.45) is 0 Å². The monoisotopic (exact) mass is 309 g/mol. The van der Waals surface area contributed by atoms with E-state index in [0.29, 0.717) is 0 Å². The quantitative estimate of drug-likeness (QED) is 0.849. The summed E-state index contributed by atoms with van der Waals surface area (Å²) in [5, 5.41) is 2.46. The van der Waals surface area contributed by atoms with E-state index >= 15 is 0 Å². The van der Waals surface area contributed by atoms with Crippen LogP contribution < -0.4 is 5.32 Å². The van der Waals surface area contributed by atoms with E-state index in [2.05, 4.69) is 5.32 Å². The molecule has 0 aromatic heterocycles. The summed E-state index contributed by atoms with van der Waals surface area (Å²) in [6.07, 6.45) is -2.37. The molecule has 6 heteroatoms. The zero-order chi connectivity index (χ0) is 16.2. The lowest BCUT2D eigenvalue weighted by molar-refractivity contribution is -0.162. The molecule has 0 aliphatic heterocycles. The molecule has 1 amide bonds. The molecule has 1 fully saturated rings. The average Bonchev–Trinajstić information content (AvgIpc) is 2.43. The summed E-state index contributed by atoms with van der Waals surface area (Å²) in [7, 11) is 0.